The van der Waals surface area contributed by atoms with Crippen molar-refractivity contribution in [1.29, 1.82) is 0 Å². The summed E-state index contributed by atoms with van der Waals surface area (Å²) in [6, 6.07) is 10.5. The third kappa shape index (κ3) is 5.78. The van der Waals surface area contributed by atoms with Gasteiger partial charge >= 0.3 is 18.4 Å². The van der Waals surface area contributed by atoms with Crippen LogP contribution in [0, 0.1) is 0 Å². The Morgan fingerprint density at radius 2 is 1.64 bits per heavy atom. The smallest absolute Gasteiger partial charge is 0.416 e. The van der Waals surface area contributed by atoms with Gasteiger partial charge in [0.25, 0.3) is 0 Å². The summed E-state index contributed by atoms with van der Waals surface area (Å²) in [6.07, 6.45) is -9.78. The lowest BCUT2D eigenvalue weighted by atomic mass is 9.78. The molecule has 5 nitrogen and oxygen atoms in total. The van der Waals surface area contributed by atoms with Crippen molar-refractivity contribution < 1.29 is 40.6 Å². The van der Waals surface area contributed by atoms with E-state index in [-0.39, 0.29) is 36.9 Å². The Bertz CT molecular complexity index is 1040. The van der Waals surface area contributed by atoms with Gasteiger partial charge in [0.15, 0.2) is 0 Å². The maximum absolute atomic E-state index is 13.3. The van der Waals surface area contributed by atoms with E-state index in [1.54, 1.807) is 0 Å². The predicted molar refractivity (Wildman–Crippen MR) is 118 cm³/mol. The lowest BCUT2D eigenvalue weighted by molar-refractivity contribution is -0.143. The van der Waals surface area contributed by atoms with Crippen molar-refractivity contribution in [3.05, 3.63) is 70.8 Å². The number of carbonyl (C=O) groups excluding carboxylic acids is 1. The minimum atomic E-state index is -4.94. The van der Waals surface area contributed by atoms with E-state index >= 15 is 0 Å². The Morgan fingerprint density at radius 3 is 2.25 bits per heavy atom. The first-order valence-corrected chi connectivity index (χ1v) is 11.5. The van der Waals surface area contributed by atoms with Crippen molar-refractivity contribution in [3.63, 3.8) is 0 Å². The number of benzene rings is 2. The van der Waals surface area contributed by atoms with Gasteiger partial charge in [-0.25, -0.2) is 4.79 Å². The predicted octanol–water partition coefficient (Wildman–Crippen LogP) is 5.95. The molecule has 0 radical (unpaired) electrons. The molecule has 0 bridgehead atoms. The number of rotatable bonds is 5. The van der Waals surface area contributed by atoms with Gasteiger partial charge in [0.2, 0.25) is 0 Å². The maximum Gasteiger partial charge on any atom is 0.416 e. The first kappa shape index (κ1) is 26.3. The minimum Gasteiger partial charge on any atom is -0.449 e. The van der Waals surface area contributed by atoms with Crippen molar-refractivity contribution in [2.45, 2.75) is 62.3 Å². The summed E-state index contributed by atoms with van der Waals surface area (Å²) in [4.78, 5) is 11.8. The molecule has 1 amide bonds. The quantitative estimate of drug-likeness (QED) is 0.483. The van der Waals surface area contributed by atoms with Gasteiger partial charge in [-0.2, -0.15) is 26.3 Å². The number of nitrogens with one attached hydrogen (secondary N) is 2. The van der Waals surface area contributed by atoms with E-state index in [2.05, 4.69) is 10.6 Å². The molecular formula is C25H26F6N2O3. The number of amides is 1. The number of cyclic esters (lactones) is 1. The summed E-state index contributed by atoms with van der Waals surface area (Å²) in [7, 11) is 0. The van der Waals surface area contributed by atoms with Crippen molar-refractivity contribution in [2.24, 2.45) is 0 Å². The highest BCUT2D eigenvalue weighted by atomic mass is 19.4. The number of alkyl carbamates (subject to hydrolysis) is 1. The number of halogens is 6. The van der Waals surface area contributed by atoms with Gasteiger partial charge in [0, 0.05) is 12.1 Å². The van der Waals surface area contributed by atoms with Crippen LogP contribution >= 0.6 is 0 Å². The molecule has 2 saturated heterocycles. The second kappa shape index (κ2) is 9.93. The average Bonchev–Trinajstić information content (AvgIpc) is 3.01. The molecule has 2 aliphatic heterocycles. The number of ether oxygens (including phenoxy) is 2. The molecule has 2 unspecified atom stereocenters. The number of fused-ring (bicyclic) bond motifs is 1. The van der Waals surface area contributed by atoms with Crippen LogP contribution in [0.4, 0.5) is 31.1 Å². The molecule has 196 valence electrons. The van der Waals surface area contributed by atoms with E-state index in [0.29, 0.717) is 31.4 Å². The summed E-state index contributed by atoms with van der Waals surface area (Å²) in [5, 5.41) is 6.37. The monoisotopic (exact) mass is 516 g/mol. The van der Waals surface area contributed by atoms with Crippen LogP contribution in [0.5, 0.6) is 0 Å². The van der Waals surface area contributed by atoms with E-state index in [0.717, 1.165) is 5.56 Å². The van der Waals surface area contributed by atoms with Crippen molar-refractivity contribution in [1.82, 2.24) is 10.6 Å². The molecule has 0 aliphatic carbocycles. The Hall–Kier alpha value is -2.79. The fraction of sp³-hybridized carbons (Fsp3) is 0.480. The zero-order chi connectivity index (χ0) is 26.1. The minimum absolute atomic E-state index is 0.00615. The molecule has 36 heavy (non-hydrogen) atoms. The summed E-state index contributed by atoms with van der Waals surface area (Å²) in [5.74, 6) is 0. The fourth-order valence-corrected chi connectivity index (χ4v) is 4.81. The Kier molecular flexibility index (Phi) is 7.25. The van der Waals surface area contributed by atoms with Crippen LogP contribution in [0.3, 0.4) is 0 Å². The molecule has 2 N–H and O–H groups in total. The molecule has 2 aliphatic rings. The molecule has 4 rings (SSSR count). The lowest BCUT2D eigenvalue weighted by Crippen LogP contribution is -2.62. The van der Waals surface area contributed by atoms with E-state index in [9.17, 15) is 31.1 Å². The number of hydrogen-bond acceptors (Lipinski definition) is 4. The van der Waals surface area contributed by atoms with E-state index in [1.165, 1.54) is 6.92 Å². The van der Waals surface area contributed by atoms with Gasteiger partial charge in [-0.3, -0.25) is 0 Å². The van der Waals surface area contributed by atoms with E-state index in [4.69, 9.17) is 9.47 Å². The molecule has 2 aromatic carbocycles. The highest BCUT2D eigenvalue weighted by Crippen LogP contribution is 2.39. The Balaban J connectivity index is 1.60. The van der Waals surface area contributed by atoms with Crippen molar-refractivity contribution in [3.8, 4) is 0 Å². The molecule has 4 atom stereocenters. The summed E-state index contributed by atoms with van der Waals surface area (Å²) in [6.45, 7) is 1.64. The standard InChI is InChI=1S/C25H26F6N2O3/c1-15(16-11-18(24(26,27)28)13-19(12-16)25(29,30)31)36-14-23(17-5-3-2-4-6-17)9-7-20-21(33-23)8-10-35-22(34)32-20/h2-6,11-13,15,20-21,33H,7-10,14H2,1H3,(H,32,34)/t15-,20-,21?,23?/m1/s1. The Morgan fingerprint density at radius 1 is 1.00 bits per heavy atom. The molecule has 0 saturated carbocycles. The van der Waals surface area contributed by atoms with Crippen molar-refractivity contribution >= 4 is 6.09 Å². The summed E-state index contributed by atoms with van der Waals surface area (Å²) < 4.78 is 91.0. The molecule has 0 aromatic heterocycles. The highest BCUT2D eigenvalue weighted by Gasteiger charge is 2.44. The zero-order valence-corrected chi connectivity index (χ0v) is 19.4. The molecule has 2 heterocycles. The molecule has 0 spiro atoms. The average molecular weight is 516 g/mol. The largest absolute Gasteiger partial charge is 0.449 e. The van der Waals surface area contributed by atoms with Gasteiger partial charge in [-0.1, -0.05) is 30.3 Å². The van der Waals surface area contributed by atoms with Crippen LogP contribution in [0.2, 0.25) is 0 Å². The topological polar surface area (TPSA) is 59.6 Å². The normalized spacial score (nSPS) is 25.8. The third-order valence-electron chi connectivity index (χ3n) is 6.78. The molecule has 11 heteroatoms. The molecule has 2 fully saturated rings. The number of piperidine rings is 1. The Labute approximate surface area is 204 Å². The number of carbonyl (C=O) groups is 1. The number of hydrogen-bond donors (Lipinski definition) is 2. The van der Waals surface area contributed by atoms with Gasteiger partial charge in [0.1, 0.15) is 0 Å². The second-order valence-electron chi connectivity index (χ2n) is 9.21. The molecule has 2 aromatic rings. The summed E-state index contributed by atoms with van der Waals surface area (Å²) in [5.41, 5.74) is -2.88. The van der Waals surface area contributed by atoms with Crippen LogP contribution < -0.4 is 10.6 Å². The van der Waals surface area contributed by atoms with Crippen LogP contribution in [0.1, 0.15) is 54.5 Å². The van der Waals surface area contributed by atoms with Gasteiger partial charge < -0.3 is 20.1 Å². The van der Waals surface area contributed by atoms with Crippen LogP contribution in [0.15, 0.2) is 48.5 Å². The van der Waals surface area contributed by atoms with Crippen LogP contribution in [0.25, 0.3) is 0 Å². The second-order valence-corrected chi connectivity index (χ2v) is 9.21. The van der Waals surface area contributed by atoms with Gasteiger partial charge in [-0.15, -0.1) is 0 Å². The first-order chi connectivity index (χ1) is 16.9. The zero-order valence-electron chi connectivity index (χ0n) is 19.4. The van der Waals surface area contributed by atoms with Crippen LogP contribution in [-0.2, 0) is 27.4 Å². The summed E-state index contributed by atoms with van der Waals surface area (Å²) >= 11 is 0. The lowest BCUT2D eigenvalue weighted by Gasteiger charge is -2.46. The fourth-order valence-electron chi connectivity index (χ4n) is 4.81. The number of alkyl halides is 6. The molecular weight excluding hydrogens is 490 g/mol. The maximum atomic E-state index is 13.3. The SMILES string of the molecule is C[C@@H](OCC1(c2ccccc2)CC[C@H]2NC(=O)OCCC2N1)c1cc(C(F)(F)F)cc(C(F)(F)F)c1. The highest BCUT2D eigenvalue weighted by molar-refractivity contribution is 5.68. The van der Waals surface area contributed by atoms with Gasteiger partial charge in [-0.05, 0) is 55.5 Å². The van der Waals surface area contributed by atoms with Gasteiger partial charge in [0.05, 0.1) is 36.0 Å². The van der Waals surface area contributed by atoms with Crippen LogP contribution in [-0.4, -0.2) is 31.4 Å². The van der Waals surface area contributed by atoms with Crippen molar-refractivity contribution in [2.75, 3.05) is 13.2 Å². The van der Waals surface area contributed by atoms with E-state index < -0.39 is 41.2 Å². The van der Waals surface area contributed by atoms with E-state index in [1.807, 2.05) is 30.3 Å². The third-order valence-corrected chi connectivity index (χ3v) is 6.78. The first-order valence-electron chi connectivity index (χ1n) is 11.5.